The summed E-state index contributed by atoms with van der Waals surface area (Å²) >= 11 is 0. The molecule has 0 atom stereocenters. The largest absolute Gasteiger partial charge is 0.381 e. The molecule has 0 fully saturated rings. The second-order valence-corrected chi connectivity index (χ2v) is 4.48. The van der Waals surface area contributed by atoms with Crippen molar-refractivity contribution in [1.29, 1.82) is 0 Å². The van der Waals surface area contributed by atoms with Crippen LogP contribution in [0.3, 0.4) is 0 Å². The van der Waals surface area contributed by atoms with Crippen LogP contribution in [0.1, 0.15) is 26.0 Å². The second kappa shape index (κ2) is 7.41. The van der Waals surface area contributed by atoms with Crippen molar-refractivity contribution in [3.63, 3.8) is 0 Å². The van der Waals surface area contributed by atoms with Crippen molar-refractivity contribution < 1.29 is 4.74 Å². The SMILES string of the molecule is CC(C)COCCCNCc1ccn(C)n1. The first-order valence-corrected chi connectivity index (χ1v) is 5.95. The quantitative estimate of drug-likeness (QED) is 0.683. The van der Waals surface area contributed by atoms with Gasteiger partial charge >= 0.3 is 0 Å². The van der Waals surface area contributed by atoms with E-state index in [1.807, 2.05) is 24.0 Å². The molecule has 4 nitrogen and oxygen atoms in total. The molecule has 1 aromatic rings. The maximum atomic E-state index is 5.49. The van der Waals surface area contributed by atoms with Gasteiger partial charge in [-0.25, -0.2) is 0 Å². The van der Waals surface area contributed by atoms with Gasteiger partial charge in [0.2, 0.25) is 0 Å². The van der Waals surface area contributed by atoms with E-state index in [4.69, 9.17) is 4.74 Å². The molecule has 16 heavy (non-hydrogen) atoms. The van der Waals surface area contributed by atoms with Crippen molar-refractivity contribution in [3.8, 4) is 0 Å². The van der Waals surface area contributed by atoms with Crippen LogP contribution in [0.5, 0.6) is 0 Å². The lowest BCUT2D eigenvalue weighted by molar-refractivity contribution is 0.108. The number of hydrogen-bond acceptors (Lipinski definition) is 3. The molecule has 0 saturated heterocycles. The van der Waals surface area contributed by atoms with Crippen molar-refractivity contribution >= 4 is 0 Å². The normalized spacial score (nSPS) is 11.2. The van der Waals surface area contributed by atoms with Crippen molar-refractivity contribution in [2.24, 2.45) is 13.0 Å². The molecule has 1 heterocycles. The molecule has 0 amide bonds. The summed E-state index contributed by atoms with van der Waals surface area (Å²) in [7, 11) is 1.93. The maximum Gasteiger partial charge on any atom is 0.0762 e. The molecular weight excluding hydrogens is 202 g/mol. The predicted molar refractivity (Wildman–Crippen MR) is 65.2 cm³/mol. The van der Waals surface area contributed by atoms with Gasteiger partial charge in [-0.3, -0.25) is 4.68 Å². The lowest BCUT2D eigenvalue weighted by Gasteiger charge is -2.06. The smallest absolute Gasteiger partial charge is 0.0762 e. The van der Waals surface area contributed by atoms with Gasteiger partial charge in [0.25, 0.3) is 0 Å². The number of nitrogens with one attached hydrogen (secondary N) is 1. The molecule has 0 radical (unpaired) electrons. The zero-order chi connectivity index (χ0) is 11.8. The summed E-state index contributed by atoms with van der Waals surface area (Å²) in [6, 6.07) is 2.03. The summed E-state index contributed by atoms with van der Waals surface area (Å²) in [5.74, 6) is 0.626. The number of nitrogens with zero attached hydrogens (tertiary/aromatic N) is 2. The van der Waals surface area contributed by atoms with Gasteiger partial charge in [0.1, 0.15) is 0 Å². The zero-order valence-electron chi connectivity index (χ0n) is 10.6. The Morgan fingerprint density at radius 3 is 2.94 bits per heavy atom. The fraction of sp³-hybridized carbons (Fsp3) is 0.750. The van der Waals surface area contributed by atoms with Gasteiger partial charge in [0.15, 0.2) is 0 Å². The molecule has 0 bridgehead atoms. The first-order chi connectivity index (χ1) is 7.68. The highest BCUT2D eigenvalue weighted by Crippen LogP contribution is 1.94. The topological polar surface area (TPSA) is 39.1 Å². The monoisotopic (exact) mass is 225 g/mol. The van der Waals surface area contributed by atoms with E-state index < -0.39 is 0 Å². The fourth-order valence-corrected chi connectivity index (χ4v) is 1.39. The second-order valence-electron chi connectivity index (χ2n) is 4.48. The molecule has 92 valence electrons. The molecule has 1 rings (SSSR count). The first-order valence-electron chi connectivity index (χ1n) is 5.95. The Hall–Kier alpha value is -0.870. The van der Waals surface area contributed by atoms with E-state index in [9.17, 15) is 0 Å². The molecule has 1 N–H and O–H groups in total. The van der Waals surface area contributed by atoms with Crippen molar-refractivity contribution in [2.45, 2.75) is 26.8 Å². The number of aromatic nitrogens is 2. The summed E-state index contributed by atoms with van der Waals surface area (Å²) in [5.41, 5.74) is 1.09. The van der Waals surface area contributed by atoms with Crippen molar-refractivity contribution in [1.82, 2.24) is 15.1 Å². The number of aryl methyl sites for hydroxylation is 1. The third-order valence-corrected chi connectivity index (χ3v) is 2.17. The van der Waals surface area contributed by atoms with Crippen LogP contribution in [-0.4, -0.2) is 29.5 Å². The highest BCUT2D eigenvalue weighted by molar-refractivity contribution is 4.97. The van der Waals surface area contributed by atoms with Gasteiger partial charge in [0, 0.05) is 33.0 Å². The average Bonchev–Trinajstić information content (AvgIpc) is 2.62. The van der Waals surface area contributed by atoms with Crippen molar-refractivity contribution in [3.05, 3.63) is 18.0 Å². The number of ether oxygens (including phenoxy) is 1. The van der Waals surface area contributed by atoms with Crippen LogP contribution in [0, 0.1) is 5.92 Å². The Morgan fingerprint density at radius 1 is 1.50 bits per heavy atom. The molecule has 0 aromatic carbocycles. The van der Waals surface area contributed by atoms with E-state index in [-0.39, 0.29) is 0 Å². The zero-order valence-corrected chi connectivity index (χ0v) is 10.6. The van der Waals surface area contributed by atoms with Crippen LogP contribution < -0.4 is 5.32 Å². The van der Waals surface area contributed by atoms with Gasteiger partial charge in [-0.1, -0.05) is 13.8 Å². The van der Waals surface area contributed by atoms with Crippen LogP contribution in [0.25, 0.3) is 0 Å². The predicted octanol–water partition coefficient (Wildman–Crippen LogP) is 1.57. The summed E-state index contributed by atoms with van der Waals surface area (Å²) in [6.07, 6.45) is 3.02. The lowest BCUT2D eigenvalue weighted by atomic mass is 10.2. The van der Waals surface area contributed by atoms with Crippen LogP contribution in [0.2, 0.25) is 0 Å². The standard InChI is InChI=1S/C12H23N3O/c1-11(2)10-16-8-4-6-13-9-12-5-7-15(3)14-12/h5,7,11,13H,4,6,8-10H2,1-3H3. The lowest BCUT2D eigenvalue weighted by Crippen LogP contribution is -2.17. The van der Waals surface area contributed by atoms with E-state index >= 15 is 0 Å². The van der Waals surface area contributed by atoms with E-state index in [0.29, 0.717) is 5.92 Å². The fourth-order valence-electron chi connectivity index (χ4n) is 1.39. The first kappa shape index (κ1) is 13.2. The van der Waals surface area contributed by atoms with Gasteiger partial charge in [-0.05, 0) is 24.9 Å². The van der Waals surface area contributed by atoms with Gasteiger partial charge in [-0.2, -0.15) is 5.10 Å². The molecule has 0 spiro atoms. The Kier molecular flexibility index (Phi) is 6.11. The molecule has 4 heteroatoms. The average molecular weight is 225 g/mol. The summed E-state index contributed by atoms with van der Waals surface area (Å²) < 4.78 is 7.31. The molecule has 0 aliphatic heterocycles. The number of rotatable bonds is 8. The molecule has 1 aromatic heterocycles. The summed E-state index contributed by atoms with van der Waals surface area (Å²) in [6.45, 7) is 7.85. The van der Waals surface area contributed by atoms with Gasteiger partial charge < -0.3 is 10.1 Å². The van der Waals surface area contributed by atoms with E-state index in [2.05, 4.69) is 24.3 Å². The molecule has 0 unspecified atom stereocenters. The van der Waals surface area contributed by atoms with Crippen LogP contribution in [0.15, 0.2) is 12.3 Å². The van der Waals surface area contributed by atoms with Gasteiger partial charge in [-0.15, -0.1) is 0 Å². The minimum Gasteiger partial charge on any atom is -0.381 e. The highest BCUT2D eigenvalue weighted by atomic mass is 16.5. The molecular formula is C12H23N3O. The van der Waals surface area contributed by atoms with E-state index in [0.717, 1.165) is 38.4 Å². The summed E-state index contributed by atoms with van der Waals surface area (Å²) in [5, 5.41) is 7.64. The van der Waals surface area contributed by atoms with E-state index in [1.165, 1.54) is 0 Å². The Morgan fingerprint density at radius 2 is 2.31 bits per heavy atom. The maximum absolute atomic E-state index is 5.49. The van der Waals surface area contributed by atoms with E-state index in [1.54, 1.807) is 0 Å². The molecule has 0 aliphatic carbocycles. The van der Waals surface area contributed by atoms with Crippen LogP contribution in [-0.2, 0) is 18.3 Å². The summed E-state index contributed by atoms with van der Waals surface area (Å²) in [4.78, 5) is 0. The van der Waals surface area contributed by atoms with Gasteiger partial charge in [0.05, 0.1) is 5.69 Å². The number of hydrogen-bond donors (Lipinski definition) is 1. The Bertz CT molecular complexity index is 284. The third kappa shape index (κ3) is 5.88. The minimum atomic E-state index is 0.626. The van der Waals surface area contributed by atoms with Crippen molar-refractivity contribution in [2.75, 3.05) is 19.8 Å². The Balaban J connectivity index is 1.92. The highest BCUT2D eigenvalue weighted by Gasteiger charge is 1.96. The Labute approximate surface area is 98.0 Å². The van der Waals surface area contributed by atoms with Crippen LogP contribution in [0.4, 0.5) is 0 Å². The van der Waals surface area contributed by atoms with Crippen LogP contribution >= 0.6 is 0 Å². The third-order valence-electron chi connectivity index (χ3n) is 2.17. The minimum absolute atomic E-state index is 0.626. The molecule has 0 saturated carbocycles. The molecule has 0 aliphatic rings.